The molecule has 0 aliphatic heterocycles. The van der Waals surface area contributed by atoms with Gasteiger partial charge in [-0.3, -0.25) is 0 Å². The van der Waals surface area contributed by atoms with Crippen molar-refractivity contribution in [2.75, 3.05) is 13.9 Å². The van der Waals surface area contributed by atoms with Gasteiger partial charge in [0.15, 0.2) is 6.79 Å². The molecule has 2 aromatic rings. The average molecular weight is 257 g/mol. The van der Waals surface area contributed by atoms with Crippen molar-refractivity contribution in [2.45, 2.75) is 0 Å². The number of benzene rings is 2. The SMILES string of the molecule is COCOc1ccc(C#N)cc1-c1ccccc1F. The molecule has 0 amide bonds. The Morgan fingerprint density at radius 1 is 1.16 bits per heavy atom. The van der Waals surface area contributed by atoms with Gasteiger partial charge in [-0.05, 0) is 24.3 Å². The normalized spacial score (nSPS) is 9.95. The fraction of sp³-hybridized carbons (Fsp3) is 0.133. The number of halogens is 1. The largest absolute Gasteiger partial charge is 0.467 e. The quantitative estimate of drug-likeness (QED) is 0.789. The topological polar surface area (TPSA) is 42.2 Å². The Morgan fingerprint density at radius 2 is 1.95 bits per heavy atom. The molecular formula is C15H12FNO2. The molecule has 0 spiro atoms. The van der Waals surface area contributed by atoms with Crippen molar-refractivity contribution in [1.29, 1.82) is 5.26 Å². The molecule has 3 nitrogen and oxygen atoms in total. The van der Waals surface area contributed by atoms with Crippen LogP contribution in [0.25, 0.3) is 11.1 Å². The van der Waals surface area contributed by atoms with Gasteiger partial charge in [0.25, 0.3) is 0 Å². The van der Waals surface area contributed by atoms with Crippen molar-refractivity contribution in [3.05, 3.63) is 53.8 Å². The van der Waals surface area contributed by atoms with Crippen molar-refractivity contribution in [3.8, 4) is 22.9 Å². The van der Waals surface area contributed by atoms with Gasteiger partial charge < -0.3 is 9.47 Å². The molecule has 0 radical (unpaired) electrons. The molecule has 0 fully saturated rings. The predicted molar refractivity (Wildman–Crippen MR) is 69.1 cm³/mol. The van der Waals surface area contributed by atoms with Gasteiger partial charge in [0.2, 0.25) is 0 Å². The number of methoxy groups -OCH3 is 1. The van der Waals surface area contributed by atoms with E-state index in [1.807, 2.05) is 6.07 Å². The molecule has 0 aliphatic carbocycles. The van der Waals surface area contributed by atoms with Gasteiger partial charge in [0, 0.05) is 18.2 Å². The number of rotatable bonds is 4. The summed E-state index contributed by atoms with van der Waals surface area (Å²) in [6, 6.07) is 13.3. The molecule has 0 saturated heterocycles. The van der Waals surface area contributed by atoms with E-state index in [2.05, 4.69) is 0 Å². The predicted octanol–water partition coefficient (Wildman–Crippen LogP) is 3.35. The Morgan fingerprint density at radius 3 is 2.63 bits per heavy atom. The summed E-state index contributed by atoms with van der Waals surface area (Å²) in [5, 5.41) is 8.94. The minimum absolute atomic E-state index is 0.0629. The molecule has 2 rings (SSSR count). The molecule has 0 aromatic heterocycles. The van der Waals surface area contributed by atoms with Gasteiger partial charge in [0.05, 0.1) is 11.6 Å². The number of hydrogen-bond acceptors (Lipinski definition) is 3. The summed E-state index contributed by atoms with van der Waals surface area (Å²) in [4.78, 5) is 0. The summed E-state index contributed by atoms with van der Waals surface area (Å²) in [5.74, 6) is 0.116. The Kier molecular flexibility index (Phi) is 4.11. The van der Waals surface area contributed by atoms with Crippen LogP contribution in [0.15, 0.2) is 42.5 Å². The fourth-order valence-corrected chi connectivity index (χ4v) is 1.74. The van der Waals surface area contributed by atoms with Crippen LogP contribution in [0, 0.1) is 17.1 Å². The third-order valence-electron chi connectivity index (χ3n) is 2.60. The molecule has 4 heteroatoms. The van der Waals surface area contributed by atoms with Gasteiger partial charge in [-0.15, -0.1) is 0 Å². The Balaban J connectivity index is 2.53. The molecule has 0 saturated carbocycles. The zero-order valence-corrected chi connectivity index (χ0v) is 10.4. The monoisotopic (exact) mass is 257 g/mol. The maximum atomic E-state index is 13.8. The van der Waals surface area contributed by atoms with E-state index < -0.39 is 0 Å². The lowest BCUT2D eigenvalue weighted by Gasteiger charge is -2.12. The molecule has 0 bridgehead atoms. The molecule has 0 aliphatic rings. The first-order valence-electron chi connectivity index (χ1n) is 5.67. The van der Waals surface area contributed by atoms with E-state index >= 15 is 0 Å². The maximum Gasteiger partial charge on any atom is 0.188 e. The van der Waals surface area contributed by atoms with Gasteiger partial charge in [0.1, 0.15) is 11.6 Å². The molecular weight excluding hydrogens is 245 g/mol. The molecule has 0 N–H and O–H groups in total. The maximum absolute atomic E-state index is 13.8. The van der Waals surface area contributed by atoms with Crippen LogP contribution in [-0.4, -0.2) is 13.9 Å². The highest BCUT2D eigenvalue weighted by Gasteiger charge is 2.11. The first-order valence-corrected chi connectivity index (χ1v) is 5.67. The van der Waals surface area contributed by atoms with Gasteiger partial charge in [-0.1, -0.05) is 18.2 Å². The van der Waals surface area contributed by atoms with Crippen molar-refractivity contribution in [3.63, 3.8) is 0 Å². The average Bonchev–Trinajstić information content (AvgIpc) is 2.45. The van der Waals surface area contributed by atoms with Crippen LogP contribution in [0.3, 0.4) is 0 Å². The van der Waals surface area contributed by atoms with E-state index in [4.69, 9.17) is 14.7 Å². The molecule has 0 heterocycles. The highest BCUT2D eigenvalue weighted by molar-refractivity contribution is 5.72. The second kappa shape index (κ2) is 5.98. The second-order valence-electron chi connectivity index (χ2n) is 3.85. The fourth-order valence-electron chi connectivity index (χ4n) is 1.74. The van der Waals surface area contributed by atoms with Gasteiger partial charge in [-0.25, -0.2) is 4.39 Å². The van der Waals surface area contributed by atoms with Gasteiger partial charge >= 0.3 is 0 Å². The number of nitriles is 1. The first-order chi connectivity index (χ1) is 9.26. The Labute approximate surface area is 110 Å². The minimum atomic E-state index is -0.361. The van der Waals surface area contributed by atoms with E-state index in [0.29, 0.717) is 22.4 Å². The van der Waals surface area contributed by atoms with E-state index in [1.165, 1.54) is 13.2 Å². The standard InChI is InChI=1S/C15H12FNO2/c1-18-10-19-15-7-6-11(9-17)8-13(15)12-4-2-3-5-14(12)16/h2-8H,10H2,1H3. The van der Waals surface area contributed by atoms with Crippen LogP contribution in [-0.2, 0) is 4.74 Å². The van der Waals surface area contributed by atoms with Crippen LogP contribution in [0.2, 0.25) is 0 Å². The third-order valence-corrected chi connectivity index (χ3v) is 2.60. The lowest BCUT2D eigenvalue weighted by atomic mass is 10.0. The van der Waals surface area contributed by atoms with Crippen molar-refractivity contribution in [1.82, 2.24) is 0 Å². The van der Waals surface area contributed by atoms with Crippen molar-refractivity contribution in [2.24, 2.45) is 0 Å². The van der Waals surface area contributed by atoms with E-state index in [1.54, 1.807) is 36.4 Å². The van der Waals surface area contributed by atoms with Crippen LogP contribution >= 0.6 is 0 Å². The highest BCUT2D eigenvalue weighted by atomic mass is 19.1. The van der Waals surface area contributed by atoms with E-state index in [-0.39, 0.29) is 12.6 Å². The van der Waals surface area contributed by atoms with Crippen LogP contribution in [0.4, 0.5) is 4.39 Å². The highest BCUT2D eigenvalue weighted by Crippen LogP contribution is 2.32. The summed E-state index contributed by atoms with van der Waals surface area (Å²) < 4.78 is 24.1. The smallest absolute Gasteiger partial charge is 0.188 e. The summed E-state index contributed by atoms with van der Waals surface area (Å²) >= 11 is 0. The lowest BCUT2D eigenvalue weighted by Crippen LogP contribution is -2.01. The van der Waals surface area contributed by atoms with E-state index in [9.17, 15) is 4.39 Å². The minimum Gasteiger partial charge on any atom is -0.467 e. The Hall–Kier alpha value is -2.38. The summed E-state index contributed by atoms with van der Waals surface area (Å²) in [6.07, 6.45) is 0. The third kappa shape index (κ3) is 2.90. The number of hydrogen-bond donors (Lipinski definition) is 0. The zero-order chi connectivity index (χ0) is 13.7. The zero-order valence-electron chi connectivity index (χ0n) is 10.4. The molecule has 0 unspecified atom stereocenters. The number of nitrogens with zero attached hydrogens (tertiary/aromatic N) is 1. The van der Waals surface area contributed by atoms with Gasteiger partial charge in [-0.2, -0.15) is 5.26 Å². The molecule has 96 valence electrons. The van der Waals surface area contributed by atoms with Crippen LogP contribution in [0.1, 0.15) is 5.56 Å². The van der Waals surface area contributed by atoms with Crippen molar-refractivity contribution >= 4 is 0 Å². The molecule has 0 atom stereocenters. The summed E-state index contributed by atoms with van der Waals surface area (Å²) in [5.41, 5.74) is 1.38. The summed E-state index contributed by atoms with van der Waals surface area (Å²) in [7, 11) is 1.51. The number of ether oxygens (including phenoxy) is 2. The molecule has 19 heavy (non-hydrogen) atoms. The van der Waals surface area contributed by atoms with Crippen molar-refractivity contribution < 1.29 is 13.9 Å². The molecule has 2 aromatic carbocycles. The van der Waals surface area contributed by atoms with Crippen LogP contribution in [0.5, 0.6) is 5.75 Å². The second-order valence-corrected chi connectivity index (χ2v) is 3.85. The van der Waals surface area contributed by atoms with E-state index in [0.717, 1.165) is 0 Å². The lowest BCUT2D eigenvalue weighted by molar-refractivity contribution is 0.0515. The summed E-state index contributed by atoms with van der Waals surface area (Å²) in [6.45, 7) is 0.0629. The Bertz CT molecular complexity index is 620. The van der Waals surface area contributed by atoms with Crippen LogP contribution < -0.4 is 4.74 Å². The first kappa shape index (κ1) is 13.1.